The highest BCUT2D eigenvalue weighted by atomic mass is 35.5. The summed E-state index contributed by atoms with van der Waals surface area (Å²) in [7, 11) is 1.59. The Hall–Kier alpha value is -2.83. The summed E-state index contributed by atoms with van der Waals surface area (Å²) in [5.74, 6) is 1.43. The zero-order valence-electron chi connectivity index (χ0n) is 15.0. The van der Waals surface area contributed by atoms with E-state index >= 15 is 0 Å². The monoisotopic (exact) mass is 386 g/mol. The summed E-state index contributed by atoms with van der Waals surface area (Å²) in [6, 6.07) is 10.2. The molecule has 27 heavy (non-hydrogen) atoms. The number of aromatic nitrogens is 1. The third-order valence-electron chi connectivity index (χ3n) is 3.93. The quantitative estimate of drug-likeness (QED) is 0.366. The molecule has 3 rings (SSSR count). The number of carbonyl (C=O) groups excluding carboxylic acids is 1. The van der Waals surface area contributed by atoms with Gasteiger partial charge >= 0.3 is 0 Å². The van der Waals surface area contributed by atoms with Crippen LogP contribution >= 0.6 is 11.6 Å². The van der Waals surface area contributed by atoms with Crippen LogP contribution in [0.1, 0.15) is 17.3 Å². The van der Waals surface area contributed by atoms with Crippen molar-refractivity contribution in [2.75, 3.05) is 26.1 Å². The Morgan fingerprint density at radius 3 is 2.67 bits per heavy atom. The number of rotatable bonds is 7. The fraction of sp³-hybridized carbons (Fsp3) is 0.200. The molecule has 0 fully saturated rings. The number of fused-ring (bicyclic) bond motifs is 1. The van der Waals surface area contributed by atoms with E-state index in [-0.39, 0.29) is 5.78 Å². The van der Waals surface area contributed by atoms with E-state index in [1.54, 1.807) is 49.7 Å². The second-order valence-corrected chi connectivity index (χ2v) is 6.26. The molecule has 0 amide bonds. The third kappa shape index (κ3) is 4.30. The van der Waals surface area contributed by atoms with Crippen molar-refractivity contribution in [3.05, 3.63) is 53.2 Å². The largest absolute Gasteiger partial charge is 0.490 e. The number of nitrogens with zero attached hydrogens (tertiary/aromatic N) is 1. The van der Waals surface area contributed by atoms with E-state index in [1.165, 1.54) is 6.92 Å². The molecule has 0 aliphatic heterocycles. The van der Waals surface area contributed by atoms with Crippen molar-refractivity contribution in [2.24, 2.45) is 0 Å². The van der Waals surface area contributed by atoms with Crippen LogP contribution in [0.15, 0.2) is 42.6 Å². The molecule has 0 unspecified atom stereocenters. The standard InChI is InChI=1S/C20H19ClN2O4/c1-12(24)14-10-15-18(11-20(14)26-8-7-25-2)23-6-5-19(15)27-13-3-4-17(22)16(21)9-13/h3-6,9-11H,7-8,22H2,1-2H3. The number of anilines is 1. The molecule has 1 aromatic heterocycles. The van der Waals surface area contributed by atoms with Gasteiger partial charge in [-0.15, -0.1) is 0 Å². The predicted molar refractivity (Wildman–Crippen MR) is 105 cm³/mol. The minimum absolute atomic E-state index is 0.116. The number of pyridine rings is 1. The van der Waals surface area contributed by atoms with Gasteiger partial charge in [-0.3, -0.25) is 9.78 Å². The van der Waals surface area contributed by atoms with E-state index in [4.69, 9.17) is 31.5 Å². The first-order valence-corrected chi connectivity index (χ1v) is 8.65. The Kier molecular flexibility index (Phi) is 5.78. The molecule has 1 heterocycles. The topological polar surface area (TPSA) is 83.7 Å². The van der Waals surface area contributed by atoms with Crippen molar-refractivity contribution in [1.29, 1.82) is 0 Å². The minimum Gasteiger partial charge on any atom is -0.490 e. The van der Waals surface area contributed by atoms with Crippen LogP contribution in [0.2, 0.25) is 5.02 Å². The van der Waals surface area contributed by atoms with Crippen molar-refractivity contribution in [1.82, 2.24) is 4.98 Å². The van der Waals surface area contributed by atoms with Crippen LogP contribution in [0.5, 0.6) is 17.2 Å². The molecule has 0 atom stereocenters. The maximum atomic E-state index is 12.1. The maximum absolute atomic E-state index is 12.1. The molecule has 140 valence electrons. The zero-order chi connectivity index (χ0) is 19.4. The highest BCUT2D eigenvalue weighted by Gasteiger charge is 2.14. The Bertz CT molecular complexity index is 991. The second kappa shape index (κ2) is 8.24. The Labute approximate surface area is 161 Å². The number of Topliss-reactive ketones (excluding diaryl/α,β-unsaturated/α-hetero) is 1. The van der Waals surface area contributed by atoms with Crippen molar-refractivity contribution < 1.29 is 19.0 Å². The molecule has 0 aliphatic rings. The van der Waals surface area contributed by atoms with Gasteiger partial charge < -0.3 is 19.9 Å². The molecule has 6 nitrogen and oxygen atoms in total. The van der Waals surface area contributed by atoms with Crippen LogP contribution in [0.25, 0.3) is 10.9 Å². The molecule has 2 aromatic carbocycles. The van der Waals surface area contributed by atoms with E-state index in [0.717, 1.165) is 0 Å². The third-order valence-corrected chi connectivity index (χ3v) is 4.25. The molecule has 2 N–H and O–H groups in total. The summed E-state index contributed by atoms with van der Waals surface area (Å²) in [5.41, 5.74) is 7.30. The molecule has 0 saturated carbocycles. The van der Waals surface area contributed by atoms with E-state index in [2.05, 4.69) is 4.98 Å². The molecule has 0 aliphatic carbocycles. The van der Waals surface area contributed by atoms with Crippen molar-refractivity contribution in [3.63, 3.8) is 0 Å². The van der Waals surface area contributed by atoms with Gasteiger partial charge in [-0.2, -0.15) is 0 Å². The summed E-state index contributed by atoms with van der Waals surface area (Å²) >= 11 is 6.06. The number of hydrogen-bond acceptors (Lipinski definition) is 6. The normalized spacial score (nSPS) is 10.8. The number of halogens is 1. The number of hydrogen-bond donors (Lipinski definition) is 1. The number of carbonyl (C=O) groups is 1. The highest BCUT2D eigenvalue weighted by Crippen LogP contribution is 2.35. The predicted octanol–water partition coefficient (Wildman–Crippen LogP) is 4.49. The lowest BCUT2D eigenvalue weighted by Crippen LogP contribution is -2.07. The number of nitrogens with two attached hydrogens (primary N) is 1. The molecule has 0 spiro atoms. The van der Waals surface area contributed by atoms with Crippen LogP contribution in [0.3, 0.4) is 0 Å². The van der Waals surface area contributed by atoms with E-state index in [1.807, 2.05) is 0 Å². The van der Waals surface area contributed by atoms with E-state index < -0.39 is 0 Å². The number of ketones is 1. The lowest BCUT2D eigenvalue weighted by atomic mass is 10.1. The SMILES string of the molecule is COCCOc1cc2nccc(Oc3ccc(N)c(Cl)c3)c2cc1C(C)=O. The lowest BCUT2D eigenvalue weighted by Gasteiger charge is -2.13. The fourth-order valence-electron chi connectivity index (χ4n) is 2.57. The Morgan fingerprint density at radius 1 is 1.15 bits per heavy atom. The molecule has 0 saturated heterocycles. The summed E-state index contributed by atoms with van der Waals surface area (Å²) in [6.45, 7) is 2.24. The van der Waals surface area contributed by atoms with Crippen molar-refractivity contribution >= 4 is 34.0 Å². The molecular formula is C20H19ClN2O4. The summed E-state index contributed by atoms with van der Waals surface area (Å²) in [6.07, 6.45) is 1.63. The average Bonchev–Trinajstić information content (AvgIpc) is 2.64. The van der Waals surface area contributed by atoms with E-state index in [9.17, 15) is 4.79 Å². The summed E-state index contributed by atoms with van der Waals surface area (Å²) < 4.78 is 16.6. The lowest BCUT2D eigenvalue weighted by molar-refractivity contribution is 0.101. The molecular weight excluding hydrogens is 368 g/mol. The van der Waals surface area contributed by atoms with Gasteiger partial charge in [-0.25, -0.2) is 0 Å². The van der Waals surface area contributed by atoms with Crippen LogP contribution in [-0.4, -0.2) is 31.1 Å². The van der Waals surface area contributed by atoms with Crippen LogP contribution in [0, 0.1) is 0 Å². The number of nitrogen functional groups attached to an aromatic ring is 1. The van der Waals surface area contributed by atoms with Gasteiger partial charge in [-0.05, 0) is 31.2 Å². The second-order valence-electron chi connectivity index (χ2n) is 5.86. The molecule has 3 aromatic rings. The molecule has 7 heteroatoms. The van der Waals surface area contributed by atoms with Crippen LogP contribution in [0.4, 0.5) is 5.69 Å². The van der Waals surface area contributed by atoms with Gasteiger partial charge in [0.05, 0.1) is 28.4 Å². The fourth-order valence-corrected chi connectivity index (χ4v) is 2.74. The molecule has 0 bridgehead atoms. The Morgan fingerprint density at radius 2 is 1.96 bits per heavy atom. The zero-order valence-corrected chi connectivity index (χ0v) is 15.7. The summed E-state index contributed by atoms with van der Waals surface area (Å²) in [4.78, 5) is 16.4. The number of methoxy groups -OCH3 is 1. The molecule has 0 radical (unpaired) electrons. The highest BCUT2D eigenvalue weighted by molar-refractivity contribution is 6.33. The van der Waals surface area contributed by atoms with Gasteiger partial charge in [-0.1, -0.05) is 11.6 Å². The van der Waals surface area contributed by atoms with Gasteiger partial charge in [0.2, 0.25) is 0 Å². The van der Waals surface area contributed by atoms with Crippen molar-refractivity contribution in [3.8, 4) is 17.2 Å². The Balaban J connectivity index is 2.02. The van der Waals surface area contributed by atoms with Gasteiger partial charge in [0, 0.05) is 30.8 Å². The van der Waals surface area contributed by atoms with Crippen LogP contribution in [-0.2, 0) is 4.74 Å². The van der Waals surface area contributed by atoms with Gasteiger partial charge in [0.25, 0.3) is 0 Å². The first-order valence-electron chi connectivity index (χ1n) is 8.28. The summed E-state index contributed by atoms with van der Waals surface area (Å²) in [5, 5.41) is 1.10. The smallest absolute Gasteiger partial charge is 0.163 e. The first kappa shape index (κ1) is 18.9. The number of benzene rings is 2. The average molecular weight is 387 g/mol. The van der Waals surface area contributed by atoms with Crippen LogP contribution < -0.4 is 15.2 Å². The van der Waals surface area contributed by atoms with Crippen molar-refractivity contribution in [2.45, 2.75) is 6.92 Å². The minimum atomic E-state index is -0.116. The first-order chi connectivity index (χ1) is 13.0. The maximum Gasteiger partial charge on any atom is 0.163 e. The van der Waals surface area contributed by atoms with E-state index in [0.29, 0.717) is 57.6 Å². The number of ether oxygens (including phenoxy) is 3. The van der Waals surface area contributed by atoms with Gasteiger partial charge in [0.15, 0.2) is 5.78 Å². The van der Waals surface area contributed by atoms with Gasteiger partial charge in [0.1, 0.15) is 23.9 Å².